The van der Waals surface area contributed by atoms with Crippen LogP contribution in [0.5, 0.6) is 0 Å². The number of aliphatic hydroxyl groups excluding tert-OH is 1. The summed E-state index contributed by atoms with van der Waals surface area (Å²) >= 11 is 0. The topological polar surface area (TPSA) is 125 Å². The van der Waals surface area contributed by atoms with Crippen molar-refractivity contribution in [2.75, 3.05) is 73.0 Å². The number of hydrogen-bond donors (Lipinski definition) is 3. The number of amides is 2. The van der Waals surface area contributed by atoms with Crippen LogP contribution in [-0.4, -0.2) is 78.7 Å². The van der Waals surface area contributed by atoms with Crippen molar-refractivity contribution < 1.29 is 19.4 Å². The van der Waals surface area contributed by atoms with Crippen LogP contribution in [-0.2, 0) is 9.47 Å². The molecule has 194 valence electrons. The Labute approximate surface area is 215 Å². The van der Waals surface area contributed by atoms with Crippen molar-refractivity contribution in [2.45, 2.75) is 13.0 Å². The molecule has 1 atom stereocenters. The number of carbonyl (C=O) groups is 1. The summed E-state index contributed by atoms with van der Waals surface area (Å²) in [5.74, 6) is 1.84. The Morgan fingerprint density at radius 1 is 0.838 bits per heavy atom. The predicted octanol–water partition coefficient (Wildman–Crippen LogP) is 2.91. The molecule has 2 fully saturated rings. The highest BCUT2D eigenvalue weighted by atomic mass is 16.5. The van der Waals surface area contributed by atoms with E-state index in [1.165, 1.54) is 0 Å². The fourth-order valence-electron chi connectivity index (χ4n) is 4.16. The molecular weight excluding hydrogens is 474 g/mol. The second-order valence-electron chi connectivity index (χ2n) is 8.92. The molecule has 37 heavy (non-hydrogen) atoms. The number of aliphatic hydroxyl groups is 1. The van der Waals surface area contributed by atoms with Gasteiger partial charge in [-0.25, -0.2) is 4.79 Å². The Hall–Kier alpha value is -3.80. The first kappa shape index (κ1) is 24.9. The third-order valence-corrected chi connectivity index (χ3v) is 6.23. The third kappa shape index (κ3) is 6.31. The molecule has 2 aromatic carbocycles. The number of aromatic nitrogens is 3. The molecule has 0 radical (unpaired) electrons. The zero-order valence-corrected chi connectivity index (χ0v) is 20.8. The highest BCUT2D eigenvalue weighted by molar-refractivity contribution is 5.99. The number of carbonyl (C=O) groups excluding carboxylic acids is 1. The fourth-order valence-corrected chi connectivity index (χ4v) is 4.16. The van der Waals surface area contributed by atoms with Crippen LogP contribution in [0.25, 0.3) is 11.4 Å². The van der Waals surface area contributed by atoms with Gasteiger partial charge < -0.3 is 35.0 Å². The largest absolute Gasteiger partial charge is 0.389 e. The Kier molecular flexibility index (Phi) is 7.73. The standard InChI is InChI=1S/C26H31N7O4/c1-18(34)20-3-2-4-22(17-20)28-26(35)27-21-7-5-19(6-8-21)23-29-24(32-9-13-36-14-10-32)31-25(30-23)33-11-15-37-16-12-33/h2-8,17-18,34H,9-16H2,1H3,(H2,27,28,35). The van der Waals surface area contributed by atoms with Gasteiger partial charge in [0.05, 0.1) is 32.5 Å². The zero-order valence-electron chi connectivity index (χ0n) is 20.8. The monoisotopic (exact) mass is 505 g/mol. The summed E-state index contributed by atoms with van der Waals surface area (Å²) in [6.45, 7) is 7.14. The Morgan fingerprint density at radius 3 is 1.97 bits per heavy atom. The van der Waals surface area contributed by atoms with Crippen molar-refractivity contribution in [3.8, 4) is 11.4 Å². The van der Waals surface area contributed by atoms with Gasteiger partial charge in [-0.1, -0.05) is 12.1 Å². The van der Waals surface area contributed by atoms with E-state index in [2.05, 4.69) is 20.4 Å². The summed E-state index contributed by atoms with van der Waals surface area (Å²) < 4.78 is 11.0. The van der Waals surface area contributed by atoms with Gasteiger partial charge >= 0.3 is 6.03 Å². The molecule has 0 bridgehead atoms. The minimum absolute atomic E-state index is 0.375. The lowest BCUT2D eigenvalue weighted by atomic mass is 10.1. The third-order valence-electron chi connectivity index (χ3n) is 6.23. The Morgan fingerprint density at radius 2 is 1.41 bits per heavy atom. The molecule has 0 saturated carbocycles. The number of nitrogens with zero attached hydrogens (tertiary/aromatic N) is 5. The molecule has 3 N–H and O–H groups in total. The van der Waals surface area contributed by atoms with E-state index in [-0.39, 0.29) is 6.03 Å². The summed E-state index contributed by atoms with van der Waals surface area (Å²) in [7, 11) is 0. The van der Waals surface area contributed by atoms with Crippen molar-refractivity contribution in [1.82, 2.24) is 15.0 Å². The normalized spacial score (nSPS) is 16.8. The van der Waals surface area contributed by atoms with Crippen LogP contribution in [0.15, 0.2) is 48.5 Å². The van der Waals surface area contributed by atoms with Gasteiger partial charge in [-0.05, 0) is 48.9 Å². The van der Waals surface area contributed by atoms with Gasteiger partial charge in [-0.2, -0.15) is 15.0 Å². The van der Waals surface area contributed by atoms with Crippen LogP contribution in [0.3, 0.4) is 0 Å². The predicted molar refractivity (Wildman–Crippen MR) is 141 cm³/mol. The van der Waals surface area contributed by atoms with Crippen LogP contribution in [0.2, 0.25) is 0 Å². The quantitative estimate of drug-likeness (QED) is 0.464. The van der Waals surface area contributed by atoms with E-state index in [0.29, 0.717) is 55.5 Å². The molecule has 2 aliphatic rings. The van der Waals surface area contributed by atoms with Crippen molar-refractivity contribution in [1.29, 1.82) is 0 Å². The van der Waals surface area contributed by atoms with E-state index >= 15 is 0 Å². The number of urea groups is 1. The molecule has 3 aromatic rings. The van der Waals surface area contributed by atoms with Gasteiger partial charge in [0, 0.05) is 43.1 Å². The van der Waals surface area contributed by atoms with E-state index in [0.717, 1.165) is 37.3 Å². The number of ether oxygens (including phenoxy) is 2. The number of rotatable bonds is 6. The van der Waals surface area contributed by atoms with Crippen LogP contribution in [0.1, 0.15) is 18.6 Å². The van der Waals surface area contributed by atoms with Crippen LogP contribution in [0, 0.1) is 0 Å². The van der Waals surface area contributed by atoms with Crippen molar-refractivity contribution in [3.05, 3.63) is 54.1 Å². The van der Waals surface area contributed by atoms with Crippen molar-refractivity contribution in [3.63, 3.8) is 0 Å². The lowest BCUT2D eigenvalue weighted by Crippen LogP contribution is -2.40. The molecule has 11 nitrogen and oxygen atoms in total. The molecule has 0 aliphatic carbocycles. The van der Waals surface area contributed by atoms with Crippen molar-refractivity contribution >= 4 is 29.3 Å². The van der Waals surface area contributed by atoms with Gasteiger partial charge in [0.2, 0.25) is 11.9 Å². The Bertz CT molecular complexity index is 1170. The lowest BCUT2D eigenvalue weighted by Gasteiger charge is -2.30. The second-order valence-corrected chi connectivity index (χ2v) is 8.92. The first-order chi connectivity index (χ1) is 18.0. The maximum atomic E-state index is 12.5. The average Bonchev–Trinajstić information content (AvgIpc) is 2.94. The van der Waals surface area contributed by atoms with Crippen LogP contribution >= 0.6 is 0 Å². The number of benzene rings is 2. The second kappa shape index (κ2) is 11.5. The minimum atomic E-state index is -0.611. The summed E-state index contributed by atoms with van der Waals surface area (Å²) in [5.41, 5.74) is 2.78. The van der Waals surface area contributed by atoms with Crippen LogP contribution in [0.4, 0.5) is 28.1 Å². The Balaban J connectivity index is 1.32. The first-order valence-corrected chi connectivity index (χ1v) is 12.4. The molecule has 5 rings (SSSR count). The zero-order chi connectivity index (χ0) is 25.6. The summed E-state index contributed by atoms with van der Waals surface area (Å²) in [6, 6.07) is 14.1. The number of nitrogens with one attached hydrogen (secondary N) is 2. The van der Waals surface area contributed by atoms with E-state index in [4.69, 9.17) is 24.4 Å². The molecule has 11 heteroatoms. The van der Waals surface area contributed by atoms with E-state index in [1.807, 2.05) is 30.3 Å². The number of anilines is 4. The van der Waals surface area contributed by atoms with Crippen molar-refractivity contribution in [2.24, 2.45) is 0 Å². The summed E-state index contributed by atoms with van der Waals surface area (Å²) in [4.78, 5) is 31.0. The SMILES string of the molecule is CC(O)c1cccc(NC(=O)Nc2ccc(-c3nc(N4CCOCC4)nc(N4CCOCC4)n3)cc2)c1. The van der Waals surface area contributed by atoms with Gasteiger partial charge in [-0.15, -0.1) is 0 Å². The molecule has 3 heterocycles. The summed E-state index contributed by atoms with van der Waals surface area (Å²) in [6.07, 6.45) is -0.611. The molecule has 1 aromatic heterocycles. The van der Waals surface area contributed by atoms with E-state index in [1.54, 1.807) is 25.1 Å². The highest BCUT2D eigenvalue weighted by Crippen LogP contribution is 2.24. The van der Waals surface area contributed by atoms with Gasteiger partial charge in [0.25, 0.3) is 0 Å². The molecule has 2 aliphatic heterocycles. The summed E-state index contributed by atoms with van der Waals surface area (Å²) in [5, 5.41) is 15.4. The average molecular weight is 506 g/mol. The van der Waals surface area contributed by atoms with Gasteiger partial charge in [0.1, 0.15) is 0 Å². The van der Waals surface area contributed by atoms with E-state index < -0.39 is 6.10 Å². The fraction of sp³-hybridized carbons (Fsp3) is 0.385. The molecule has 1 unspecified atom stereocenters. The molecule has 0 spiro atoms. The number of hydrogen-bond acceptors (Lipinski definition) is 9. The molecule has 2 saturated heterocycles. The molecular formula is C26H31N7O4. The maximum Gasteiger partial charge on any atom is 0.323 e. The van der Waals surface area contributed by atoms with E-state index in [9.17, 15) is 9.90 Å². The first-order valence-electron chi connectivity index (χ1n) is 12.4. The number of morpholine rings is 2. The minimum Gasteiger partial charge on any atom is -0.389 e. The van der Waals surface area contributed by atoms with Gasteiger partial charge in [0.15, 0.2) is 5.82 Å². The highest BCUT2D eigenvalue weighted by Gasteiger charge is 2.21. The van der Waals surface area contributed by atoms with Gasteiger partial charge in [-0.3, -0.25) is 0 Å². The van der Waals surface area contributed by atoms with Crippen LogP contribution < -0.4 is 20.4 Å². The molecule has 2 amide bonds. The smallest absolute Gasteiger partial charge is 0.323 e. The lowest BCUT2D eigenvalue weighted by molar-refractivity contribution is 0.121. The maximum absolute atomic E-state index is 12.5.